The predicted octanol–water partition coefficient (Wildman–Crippen LogP) is 3.60. The van der Waals surface area contributed by atoms with Gasteiger partial charge in [-0.15, -0.1) is 0 Å². The van der Waals surface area contributed by atoms with Crippen LogP contribution in [-0.2, 0) is 6.61 Å². The first kappa shape index (κ1) is 13.7. The molecule has 3 rings (SSSR count). The van der Waals surface area contributed by atoms with E-state index >= 15 is 0 Å². The SMILES string of the molecule is O=Cc1cc2c(cc1OCc1ccc(F)c(Cl)c1)OCO2. The molecule has 0 aromatic heterocycles. The lowest BCUT2D eigenvalue weighted by atomic mass is 10.2. The van der Waals surface area contributed by atoms with E-state index in [4.69, 9.17) is 25.8 Å². The molecule has 0 atom stereocenters. The molecule has 0 saturated carbocycles. The Bertz CT molecular complexity index is 702. The van der Waals surface area contributed by atoms with Crippen LogP contribution in [0.1, 0.15) is 15.9 Å². The van der Waals surface area contributed by atoms with Crippen molar-refractivity contribution in [1.29, 1.82) is 0 Å². The highest BCUT2D eigenvalue weighted by molar-refractivity contribution is 6.30. The zero-order valence-corrected chi connectivity index (χ0v) is 11.5. The van der Waals surface area contributed by atoms with Crippen LogP contribution in [0, 0.1) is 5.82 Å². The number of carbonyl (C=O) groups is 1. The third kappa shape index (κ3) is 2.78. The van der Waals surface area contributed by atoms with Gasteiger partial charge in [-0.3, -0.25) is 4.79 Å². The molecule has 0 unspecified atom stereocenters. The fourth-order valence-corrected chi connectivity index (χ4v) is 2.15. The van der Waals surface area contributed by atoms with Gasteiger partial charge in [0.25, 0.3) is 0 Å². The number of halogens is 2. The summed E-state index contributed by atoms with van der Waals surface area (Å²) in [7, 11) is 0. The van der Waals surface area contributed by atoms with Crippen LogP contribution in [0.4, 0.5) is 4.39 Å². The van der Waals surface area contributed by atoms with E-state index in [1.54, 1.807) is 18.2 Å². The molecule has 21 heavy (non-hydrogen) atoms. The van der Waals surface area contributed by atoms with E-state index in [0.29, 0.717) is 34.7 Å². The molecule has 0 bridgehead atoms. The summed E-state index contributed by atoms with van der Waals surface area (Å²) in [5.41, 5.74) is 1.04. The molecule has 108 valence electrons. The second kappa shape index (κ2) is 5.61. The Morgan fingerprint density at radius 2 is 2.00 bits per heavy atom. The number of hydrogen-bond donors (Lipinski definition) is 0. The first-order chi connectivity index (χ1) is 10.2. The monoisotopic (exact) mass is 308 g/mol. The summed E-state index contributed by atoms with van der Waals surface area (Å²) in [5.74, 6) is 0.911. The van der Waals surface area contributed by atoms with Gasteiger partial charge < -0.3 is 14.2 Å². The standard InChI is InChI=1S/C15H10ClFO4/c16-11-3-9(1-2-12(11)17)7-19-13-5-15-14(20-8-21-15)4-10(13)6-18/h1-6H,7-8H2. The molecular weight excluding hydrogens is 299 g/mol. The number of hydrogen-bond acceptors (Lipinski definition) is 4. The number of carbonyl (C=O) groups excluding carboxylic acids is 1. The van der Waals surface area contributed by atoms with Crippen molar-refractivity contribution in [2.24, 2.45) is 0 Å². The highest BCUT2D eigenvalue weighted by Gasteiger charge is 2.18. The minimum atomic E-state index is -0.489. The van der Waals surface area contributed by atoms with Gasteiger partial charge >= 0.3 is 0 Å². The van der Waals surface area contributed by atoms with E-state index in [1.807, 2.05) is 0 Å². The Hall–Kier alpha value is -2.27. The van der Waals surface area contributed by atoms with Gasteiger partial charge in [0.15, 0.2) is 17.8 Å². The predicted molar refractivity (Wildman–Crippen MR) is 73.7 cm³/mol. The van der Waals surface area contributed by atoms with Crippen LogP contribution >= 0.6 is 11.6 Å². The lowest BCUT2D eigenvalue weighted by molar-refractivity contribution is 0.111. The van der Waals surface area contributed by atoms with Crippen LogP contribution in [-0.4, -0.2) is 13.1 Å². The second-order valence-corrected chi connectivity index (χ2v) is 4.81. The zero-order valence-electron chi connectivity index (χ0n) is 10.8. The summed E-state index contributed by atoms with van der Waals surface area (Å²) in [5, 5.41) is 0.0254. The number of ether oxygens (including phenoxy) is 3. The molecule has 1 aliphatic heterocycles. The van der Waals surface area contributed by atoms with Crippen LogP contribution in [0.15, 0.2) is 30.3 Å². The topological polar surface area (TPSA) is 44.8 Å². The van der Waals surface area contributed by atoms with Gasteiger partial charge in [0.05, 0.1) is 10.6 Å². The van der Waals surface area contributed by atoms with Gasteiger partial charge in [0, 0.05) is 6.07 Å². The highest BCUT2D eigenvalue weighted by Crippen LogP contribution is 2.37. The maximum atomic E-state index is 13.1. The van der Waals surface area contributed by atoms with Gasteiger partial charge in [0.1, 0.15) is 18.2 Å². The Labute approximate surface area is 125 Å². The molecule has 0 amide bonds. The van der Waals surface area contributed by atoms with Crippen molar-refractivity contribution >= 4 is 17.9 Å². The fourth-order valence-electron chi connectivity index (χ4n) is 1.95. The van der Waals surface area contributed by atoms with Crippen molar-refractivity contribution in [3.05, 3.63) is 52.3 Å². The third-order valence-electron chi connectivity index (χ3n) is 3.01. The summed E-state index contributed by atoms with van der Waals surface area (Å²) < 4.78 is 29.1. The molecule has 1 heterocycles. The van der Waals surface area contributed by atoms with Crippen LogP contribution in [0.2, 0.25) is 5.02 Å². The summed E-state index contributed by atoms with van der Waals surface area (Å²) >= 11 is 5.71. The van der Waals surface area contributed by atoms with Crippen molar-refractivity contribution in [3.8, 4) is 17.2 Å². The summed E-state index contributed by atoms with van der Waals surface area (Å²) in [4.78, 5) is 11.1. The molecule has 0 N–H and O–H groups in total. The Balaban J connectivity index is 1.81. The quantitative estimate of drug-likeness (QED) is 0.810. The van der Waals surface area contributed by atoms with E-state index in [2.05, 4.69) is 0 Å². The molecular formula is C15H10ClFO4. The second-order valence-electron chi connectivity index (χ2n) is 4.40. The van der Waals surface area contributed by atoms with Crippen LogP contribution in [0.5, 0.6) is 17.2 Å². The Kier molecular flexibility index (Phi) is 3.66. The molecule has 0 fully saturated rings. The Morgan fingerprint density at radius 1 is 1.24 bits per heavy atom. The van der Waals surface area contributed by atoms with E-state index in [0.717, 1.165) is 0 Å². The zero-order chi connectivity index (χ0) is 14.8. The van der Waals surface area contributed by atoms with Crippen molar-refractivity contribution in [3.63, 3.8) is 0 Å². The van der Waals surface area contributed by atoms with Crippen molar-refractivity contribution in [2.75, 3.05) is 6.79 Å². The van der Waals surface area contributed by atoms with Crippen molar-refractivity contribution in [2.45, 2.75) is 6.61 Å². The van der Waals surface area contributed by atoms with E-state index in [1.165, 1.54) is 12.1 Å². The number of aldehydes is 1. The molecule has 2 aromatic carbocycles. The molecule has 1 aliphatic rings. The molecule has 2 aromatic rings. The van der Waals surface area contributed by atoms with Gasteiger partial charge in [-0.1, -0.05) is 17.7 Å². The summed E-state index contributed by atoms with van der Waals surface area (Å²) in [6.07, 6.45) is 0.676. The lowest BCUT2D eigenvalue weighted by Crippen LogP contribution is -1.99. The lowest BCUT2D eigenvalue weighted by Gasteiger charge is -2.10. The van der Waals surface area contributed by atoms with Gasteiger partial charge in [0.2, 0.25) is 6.79 Å². The van der Waals surface area contributed by atoms with Crippen LogP contribution in [0.3, 0.4) is 0 Å². The molecule has 0 saturated heterocycles. The molecule has 0 aliphatic carbocycles. The first-order valence-corrected chi connectivity index (χ1v) is 6.50. The van der Waals surface area contributed by atoms with E-state index < -0.39 is 5.82 Å². The van der Waals surface area contributed by atoms with E-state index in [9.17, 15) is 9.18 Å². The number of rotatable bonds is 4. The minimum absolute atomic E-state index is 0.0254. The minimum Gasteiger partial charge on any atom is -0.488 e. The number of benzene rings is 2. The van der Waals surface area contributed by atoms with Crippen molar-refractivity contribution < 1.29 is 23.4 Å². The molecule has 6 heteroatoms. The average Bonchev–Trinajstić information content (AvgIpc) is 2.94. The molecule has 4 nitrogen and oxygen atoms in total. The van der Waals surface area contributed by atoms with Crippen molar-refractivity contribution in [1.82, 2.24) is 0 Å². The van der Waals surface area contributed by atoms with E-state index in [-0.39, 0.29) is 18.4 Å². The van der Waals surface area contributed by atoms with Crippen LogP contribution < -0.4 is 14.2 Å². The smallest absolute Gasteiger partial charge is 0.231 e. The first-order valence-electron chi connectivity index (χ1n) is 6.13. The van der Waals surface area contributed by atoms with Gasteiger partial charge in [-0.05, 0) is 23.8 Å². The molecule has 0 spiro atoms. The normalized spacial score (nSPS) is 12.3. The fraction of sp³-hybridized carbons (Fsp3) is 0.133. The summed E-state index contributed by atoms with van der Waals surface area (Å²) in [6, 6.07) is 7.46. The maximum absolute atomic E-state index is 13.1. The third-order valence-corrected chi connectivity index (χ3v) is 3.30. The maximum Gasteiger partial charge on any atom is 0.231 e. The Morgan fingerprint density at radius 3 is 2.71 bits per heavy atom. The summed E-state index contributed by atoms with van der Waals surface area (Å²) in [6.45, 7) is 0.269. The largest absolute Gasteiger partial charge is 0.488 e. The molecule has 0 radical (unpaired) electrons. The average molecular weight is 309 g/mol. The number of fused-ring (bicyclic) bond motifs is 1. The van der Waals surface area contributed by atoms with Gasteiger partial charge in [-0.2, -0.15) is 0 Å². The van der Waals surface area contributed by atoms with Crippen LogP contribution in [0.25, 0.3) is 0 Å². The highest BCUT2D eigenvalue weighted by atomic mass is 35.5. The van der Waals surface area contributed by atoms with Gasteiger partial charge in [-0.25, -0.2) is 4.39 Å².